The van der Waals surface area contributed by atoms with Crippen LogP contribution in [0.1, 0.15) is 19.8 Å². The molecule has 2 aliphatic heterocycles. The van der Waals surface area contributed by atoms with E-state index in [4.69, 9.17) is 14.2 Å². The van der Waals surface area contributed by atoms with Crippen LogP contribution in [0.4, 0.5) is 5.69 Å². The number of nitrogens with one attached hydrogen (secondary N) is 1. The molecule has 1 N–H and O–H groups in total. The Kier molecular flexibility index (Phi) is 4.73. The largest absolute Gasteiger partial charge is 0.493 e. The second-order valence-electron chi connectivity index (χ2n) is 6.17. The van der Waals surface area contributed by atoms with E-state index < -0.39 is 6.04 Å². The van der Waals surface area contributed by atoms with E-state index in [9.17, 15) is 9.59 Å². The van der Waals surface area contributed by atoms with Gasteiger partial charge in [-0.05, 0) is 13.3 Å². The summed E-state index contributed by atoms with van der Waals surface area (Å²) in [4.78, 5) is 26.4. The molecule has 2 amide bonds. The summed E-state index contributed by atoms with van der Waals surface area (Å²) >= 11 is 1.66. The summed E-state index contributed by atoms with van der Waals surface area (Å²) in [6.07, 6.45) is 1.28. The van der Waals surface area contributed by atoms with Crippen LogP contribution < -0.4 is 19.5 Å². The molecule has 2 aliphatic rings. The van der Waals surface area contributed by atoms with Crippen LogP contribution in [-0.2, 0) is 9.59 Å². The van der Waals surface area contributed by atoms with E-state index in [1.54, 1.807) is 28.8 Å². The van der Waals surface area contributed by atoms with Crippen LogP contribution >= 0.6 is 11.8 Å². The fourth-order valence-corrected chi connectivity index (χ4v) is 4.83. The molecule has 136 valence electrons. The number of carbonyl (C=O) groups is 2. The lowest BCUT2D eigenvalue weighted by Gasteiger charge is -2.29. The molecule has 2 atom stereocenters. The van der Waals surface area contributed by atoms with Crippen molar-refractivity contribution in [1.82, 2.24) is 4.90 Å². The van der Waals surface area contributed by atoms with Gasteiger partial charge in [0.1, 0.15) is 6.04 Å². The Morgan fingerprint density at radius 3 is 2.44 bits per heavy atom. The molecule has 2 heterocycles. The first kappa shape index (κ1) is 17.7. The number of carbonyl (C=O) groups excluding carboxylic acids is 2. The molecule has 0 radical (unpaired) electrons. The lowest BCUT2D eigenvalue weighted by atomic mass is 10.2. The first-order chi connectivity index (χ1) is 11.9. The summed E-state index contributed by atoms with van der Waals surface area (Å²) in [5.74, 6) is 1.80. The van der Waals surface area contributed by atoms with Crippen molar-refractivity contribution in [3.63, 3.8) is 0 Å². The maximum Gasteiger partial charge on any atom is 0.248 e. The van der Waals surface area contributed by atoms with Crippen LogP contribution in [0, 0.1) is 0 Å². The summed E-state index contributed by atoms with van der Waals surface area (Å²) in [7, 11) is 4.56. The molecule has 0 spiro atoms. The molecule has 7 nitrogen and oxygen atoms in total. The molecule has 1 aromatic carbocycles. The van der Waals surface area contributed by atoms with Gasteiger partial charge in [-0.15, -0.1) is 11.8 Å². The van der Waals surface area contributed by atoms with Crippen LogP contribution in [0.3, 0.4) is 0 Å². The van der Waals surface area contributed by atoms with Crippen molar-refractivity contribution in [2.75, 3.05) is 32.4 Å². The number of amides is 2. The highest BCUT2D eigenvalue weighted by Gasteiger charge is 2.52. The van der Waals surface area contributed by atoms with Gasteiger partial charge in [0, 0.05) is 30.0 Å². The number of hydrogen-bond donors (Lipinski definition) is 1. The van der Waals surface area contributed by atoms with E-state index in [-0.39, 0.29) is 16.7 Å². The molecule has 0 aliphatic carbocycles. The molecule has 0 unspecified atom stereocenters. The Morgan fingerprint density at radius 1 is 1.24 bits per heavy atom. The van der Waals surface area contributed by atoms with Crippen molar-refractivity contribution in [2.45, 2.75) is 30.7 Å². The lowest BCUT2D eigenvalue weighted by Crippen LogP contribution is -2.48. The number of fused-ring (bicyclic) bond motifs is 1. The minimum atomic E-state index is -0.468. The maximum atomic E-state index is 12.8. The molecule has 2 fully saturated rings. The van der Waals surface area contributed by atoms with Gasteiger partial charge in [0.15, 0.2) is 11.5 Å². The SMILES string of the molecule is COc1cc(NC(=O)[C@@H]2CS[C@]3(C)CCC(=O)N23)cc(OC)c1OC. The number of hydrogen-bond acceptors (Lipinski definition) is 6. The first-order valence-corrected chi connectivity index (χ1v) is 8.99. The first-order valence-electron chi connectivity index (χ1n) is 8.00. The van der Waals surface area contributed by atoms with E-state index in [2.05, 4.69) is 5.32 Å². The fraction of sp³-hybridized carbons (Fsp3) is 0.529. The standard InChI is InChI=1S/C17H22N2O5S/c1-17-6-5-14(20)19(17)11(9-25-17)16(21)18-10-7-12(22-2)15(24-4)13(8-10)23-3/h7-8,11H,5-6,9H2,1-4H3,(H,18,21)/t11-,17+/m0/s1. The third-order valence-corrected chi connectivity index (χ3v) is 6.18. The van der Waals surface area contributed by atoms with Gasteiger partial charge in [-0.1, -0.05) is 0 Å². The van der Waals surface area contributed by atoms with E-state index in [1.165, 1.54) is 21.3 Å². The Balaban J connectivity index is 1.83. The average Bonchev–Trinajstić information content (AvgIpc) is 3.10. The van der Waals surface area contributed by atoms with Crippen LogP contribution in [0.5, 0.6) is 17.2 Å². The van der Waals surface area contributed by atoms with E-state index in [0.29, 0.717) is 35.1 Å². The third-order valence-electron chi connectivity index (χ3n) is 4.68. The highest BCUT2D eigenvalue weighted by atomic mass is 32.2. The predicted octanol–water partition coefficient (Wildman–Crippen LogP) is 2.10. The van der Waals surface area contributed by atoms with Crippen molar-refractivity contribution in [3.8, 4) is 17.2 Å². The van der Waals surface area contributed by atoms with E-state index in [0.717, 1.165) is 6.42 Å². The number of nitrogens with zero attached hydrogens (tertiary/aromatic N) is 1. The molecule has 0 bridgehead atoms. The molecular weight excluding hydrogens is 344 g/mol. The minimum Gasteiger partial charge on any atom is -0.493 e. The van der Waals surface area contributed by atoms with Crippen molar-refractivity contribution in [1.29, 1.82) is 0 Å². The number of rotatable bonds is 5. The van der Waals surface area contributed by atoms with Gasteiger partial charge >= 0.3 is 0 Å². The van der Waals surface area contributed by atoms with E-state index >= 15 is 0 Å². The lowest BCUT2D eigenvalue weighted by molar-refractivity contribution is -0.135. The average molecular weight is 366 g/mol. The monoisotopic (exact) mass is 366 g/mol. The molecule has 8 heteroatoms. The van der Waals surface area contributed by atoms with E-state index in [1.807, 2.05) is 6.92 Å². The highest BCUT2D eigenvalue weighted by Crippen LogP contribution is 2.47. The van der Waals surface area contributed by atoms with Crippen molar-refractivity contribution >= 4 is 29.3 Å². The van der Waals surface area contributed by atoms with Crippen LogP contribution in [-0.4, -0.2) is 54.7 Å². The van der Waals surface area contributed by atoms with Gasteiger partial charge in [-0.2, -0.15) is 0 Å². The smallest absolute Gasteiger partial charge is 0.248 e. The van der Waals surface area contributed by atoms with Gasteiger partial charge in [0.05, 0.1) is 26.2 Å². The van der Waals surface area contributed by atoms with Gasteiger partial charge in [-0.3, -0.25) is 9.59 Å². The van der Waals surface area contributed by atoms with Gasteiger partial charge < -0.3 is 24.4 Å². The van der Waals surface area contributed by atoms with Crippen LogP contribution in [0.25, 0.3) is 0 Å². The van der Waals surface area contributed by atoms with Gasteiger partial charge in [0.2, 0.25) is 17.6 Å². The highest BCUT2D eigenvalue weighted by molar-refractivity contribution is 8.01. The number of thioether (sulfide) groups is 1. The van der Waals surface area contributed by atoms with Crippen molar-refractivity contribution in [2.24, 2.45) is 0 Å². The Hall–Kier alpha value is -2.09. The number of methoxy groups -OCH3 is 3. The summed E-state index contributed by atoms with van der Waals surface area (Å²) in [5, 5.41) is 2.87. The Bertz CT molecular complexity index is 685. The molecule has 2 saturated heterocycles. The Morgan fingerprint density at radius 2 is 1.88 bits per heavy atom. The number of anilines is 1. The Labute approximate surface area is 151 Å². The van der Waals surface area contributed by atoms with Crippen LogP contribution in [0.2, 0.25) is 0 Å². The number of benzene rings is 1. The zero-order valence-corrected chi connectivity index (χ0v) is 15.6. The molecule has 1 aromatic rings. The van der Waals surface area contributed by atoms with Crippen molar-refractivity contribution in [3.05, 3.63) is 12.1 Å². The van der Waals surface area contributed by atoms with Crippen molar-refractivity contribution < 1.29 is 23.8 Å². The zero-order chi connectivity index (χ0) is 18.2. The summed E-state index contributed by atoms with van der Waals surface area (Å²) in [6, 6.07) is 2.88. The van der Waals surface area contributed by atoms with Gasteiger partial charge in [-0.25, -0.2) is 0 Å². The molecule has 25 heavy (non-hydrogen) atoms. The molecule has 0 saturated carbocycles. The topological polar surface area (TPSA) is 77.1 Å². The quantitative estimate of drug-likeness (QED) is 0.860. The third kappa shape index (κ3) is 2.99. The maximum absolute atomic E-state index is 12.8. The summed E-state index contributed by atoms with van der Waals surface area (Å²) in [5.41, 5.74) is 0.532. The normalized spacial score (nSPS) is 24.9. The van der Waals surface area contributed by atoms with Crippen LogP contribution in [0.15, 0.2) is 12.1 Å². The fourth-order valence-electron chi connectivity index (χ4n) is 3.39. The second-order valence-corrected chi connectivity index (χ2v) is 7.67. The number of ether oxygens (including phenoxy) is 3. The second kappa shape index (κ2) is 6.67. The van der Waals surface area contributed by atoms with Gasteiger partial charge in [0.25, 0.3) is 0 Å². The minimum absolute atomic E-state index is 0.0394. The molecular formula is C17H22N2O5S. The summed E-state index contributed by atoms with van der Waals surface area (Å²) < 4.78 is 15.9. The summed E-state index contributed by atoms with van der Waals surface area (Å²) in [6.45, 7) is 2.02. The zero-order valence-electron chi connectivity index (χ0n) is 14.8. The molecule has 0 aromatic heterocycles. The predicted molar refractivity (Wildman–Crippen MR) is 95.5 cm³/mol. The molecule has 3 rings (SSSR count).